The van der Waals surface area contributed by atoms with Gasteiger partial charge in [0.1, 0.15) is 11.7 Å². The summed E-state index contributed by atoms with van der Waals surface area (Å²) in [7, 11) is 0. The molecule has 0 amide bonds. The van der Waals surface area contributed by atoms with E-state index in [4.69, 9.17) is 14.2 Å². The molecule has 4 saturated carbocycles. The van der Waals surface area contributed by atoms with Gasteiger partial charge in [-0.2, -0.15) is 0 Å². The van der Waals surface area contributed by atoms with E-state index < -0.39 is 11.4 Å². The highest BCUT2D eigenvalue weighted by Gasteiger charge is 2.71. The Morgan fingerprint density at radius 3 is 2.47 bits per heavy atom. The van der Waals surface area contributed by atoms with E-state index in [2.05, 4.69) is 31.4 Å². The third-order valence-corrected chi connectivity index (χ3v) is 11.9. The van der Waals surface area contributed by atoms with Crippen LogP contribution in [0.2, 0.25) is 0 Å². The van der Waals surface area contributed by atoms with Gasteiger partial charge in [0, 0.05) is 17.2 Å². The van der Waals surface area contributed by atoms with Gasteiger partial charge in [0.05, 0.1) is 12.2 Å². The fourth-order valence-corrected chi connectivity index (χ4v) is 10.4. The fraction of sp³-hybridized carbons (Fsp3) is 0.821. The van der Waals surface area contributed by atoms with Crippen LogP contribution in [0.1, 0.15) is 84.4 Å². The minimum absolute atomic E-state index is 0.0115. The van der Waals surface area contributed by atoms with Crippen molar-refractivity contribution in [2.24, 2.45) is 34.5 Å². The lowest BCUT2D eigenvalue weighted by atomic mass is 9.43. The minimum Gasteiger partial charge on any atom is -0.463 e. The summed E-state index contributed by atoms with van der Waals surface area (Å²) < 4.78 is 19.1. The van der Waals surface area contributed by atoms with E-state index in [1.807, 2.05) is 13.8 Å². The summed E-state index contributed by atoms with van der Waals surface area (Å²) in [4.78, 5) is 12.9. The predicted molar refractivity (Wildman–Crippen MR) is 130 cm³/mol. The van der Waals surface area contributed by atoms with Crippen LogP contribution in [0.4, 0.5) is 0 Å². The standard InChI is InChI=1S/C28H40O5S/c1-16(29)31-17-8-11-26(4)18-9-12-27(5)19(10-13-28(27,30)21-7-6-14-34-21)22(18)24-23(20(26)15-17)32-25(2,3)33-24/h6-7,14,17-20,22-24,30H,8-13,15H2,1-5H3/t17-,18-,19-,20+,22+,23+,24+,26+,27-,28+/m0/s1. The summed E-state index contributed by atoms with van der Waals surface area (Å²) in [5.41, 5.74) is -0.777. The van der Waals surface area contributed by atoms with Crippen LogP contribution in [0.3, 0.4) is 0 Å². The Kier molecular flexibility index (Phi) is 5.19. The zero-order valence-corrected chi connectivity index (χ0v) is 22.0. The maximum absolute atomic E-state index is 12.1. The Bertz CT molecular complexity index is 960. The molecule has 0 aromatic carbocycles. The average Bonchev–Trinajstić information content (AvgIpc) is 3.46. The SMILES string of the molecule is CC(=O)O[C@H]1CC[C@@]2(C)[C@H](C1)[C@H]1OC(C)(C)O[C@@H]1[C@@H]1[C@@H]2CC[C@@]2(C)[C@H]1CC[C@@]2(O)c1cccs1. The van der Waals surface area contributed by atoms with Crippen molar-refractivity contribution in [2.75, 3.05) is 0 Å². The molecular weight excluding hydrogens is 448 g/mol. The number of hydrogen-bond donors (Lipinski definition) is 1. The smallest absolute Gasteiger partial charge is 0.302 e. The zero-order chi connectivity index (χ0) is 24.1. The van der Waals surface area contributed by atoms with Crippen molar-refractivity contribution >= 4 is 17.3 Å². The van der Waals surface area contributed by atoms with E-state index in [1.165, 1.54) is 6.92 Å². The van der Waals surface area contributed by atoms with E-state index in [-0.39, 0.29) is 35.1 Å². The Morgan fingerprint density at radius 1 is 1.03 bits per heavy atom. The maximum atomic E-state index is 12.1. The molecule has 4 aliphatic carbocycles. The first-order valence-electron chi connectivity index (χ1n) is 13.3. The van der Waals surface area contributed by atoms with Crippen LogP contribution in [-0.4, -0.2) is 35.2 Å². The molecule has 0 radical (unpaired) electrons. The molecule has 1 N–H and O–H groups in total. The number of fused-ring (bicyclic) bond motifs is 8. The molecule has 2 heterocycles. The van der Waals surface area contributed by atoms with Crippen molar-refractivity contribution in [3.8, 4) is 0 Å². The molecule has 1 aromatic heterocycles. The van der Waals surface area contributed by atoms with E-state index in [0.29, 0.717) is 23.7 Å². The number of carbonyl (C=O) groups excluding carboxylic acids is 1. The van der Waals surface area contributed by atoms with Crippen molar-refractivity contribution in [1.29, 1.82) is 0 Å². The second kappa shape index (κ2) is 7.53. The van der Waals surface area contributed by atoms with Crippen molar-refractivity contribution in [3.05, 3.63) is 22.4 Å². The summed E-state index contributed by atoms with van der Waals surface area (Å²) in [5, 5.41) is 14.2. The number of carbonyl (C=O) groups is 1. The number of thiophene rings is 1. The lowest BCUT2D eigenvalue weighted by molar-refractivity contribution is -0.208. The Morgan fingerprint density at radius 2 is 1.76 bits per heavy atom. The summed E-state index contributed by atoms with van der Waals surface area (Å²) in [6.07, 6.45) is 6.89. The highest BCUT2D eigenvalue weighted by Crippen LogP contribution is 2.71. The number of hydrogen-bond acceptors (Lipinski definition) is 6. The lowest BCUT2D eigenvalue weighted by Gasteiger charge is -2.63. The first-order valence-corrected chi connectivity index (χ1v) is 14.2. The van der Waals surface area contributed by atoms with Gasteiger partial charge in [-0.15, -0.1) is 11.3 Å². The molecule has 1 saturated heterocycles. The fourth-order valence-electron chi connectivity index (χ4n) is 9.42. The van der Waals surface area contributed by atoms with Crippen molar-refractivity contribution in [2.45, 2.75) is 109 Å². The molecule has 1 aromatic rings. The van der Waals surface area contributed by atoms with Crippen LogP contribution >= 0.6 is 11.3 Å². The molecular formula is C28H40O5S. The van der Waals surface area contributed by atoms with Crippen LogP contribution in [-0.2, 0) is 24.6 Å². The van der Waals surface area contributed by atoms with Gasteiger partial charge in [0.2, 0.25) is 0 Å². The van der Waals surface area contributed by atoms with Gasteiger partial charge in [0.15, 0.2) is 5.79 Å². The normalized spacial score (nSPS) is 51.2. The van der Waals surface area contributed by atoms with Gasteiger partial charge in [-0.25, -0.2) is 0 Å². The first kappa shape index (κ1) is 23.4. The maximum Gasteiger partial charge on any atom is 0.302 e. The second-order valence-corrected chi connectivity index (χ2v) is 13.8. The molecule has 0 bridgehead atoms. The Hall–Kier alpha value is -0.950. The van der Waals surface area contributed by atoms with Crippen molar-refractivity contribution in [3.63, 3.8) is 0 Å². The summed E-state index contributed by atoms with van der Waals surface area (Å²) in [6.45, 7) is 10.4. The van der Waals surface area contributed by atoms with Crippen molar-refractivity contribution < 1.29 is 24.1 Å². The van der Waals surface area contributed by atoms with Crippen LogP contribution in [0.25, 0.3) is 0 Å². The van der Waals surface area contributed by atoms with Crippen LogP contribution in [0.15, 0.2) is 17.5 Å². The predicted octanol–water partition coefficient (Wildman–Crippen LogP) is 5.65. The van der Waals surface area contributed by atoms with Gasteiger partial charge in [0.25, 0.3) is 0 Å². The van der Waals surface area contributed by atoms with Gasteiger partial charge >= 0.3 is 5.97 Å². The average molecular weight is 489 g/mol. The number of aliphatic hydroxyl groups is 1. The highest BCUT2D eigenvalue weighted by molar-refractivity contribution is 7.10. The van der Waals surface area contributed by atoms with Gasteiger partial charge in [-0.1, -0.05) is 19.9 Å². The largest absolute Gasteiger partial charge is 0.463 e. The molecule has 34 heavy (non-hydrogen) atoms. The quantitative estimate of drug-likeness (QED) is 0.545. The van der Waals surface area contributed by atoms with E-state index in [1.54, 1.807) is 11.3 Å². The summed E-state index contributed by atoms with van der Waals surface area (Å²) in [6, 6.07) is 4.19. The van der Waals surface area contributed by atoms with Crippen LogP contribution in [0, 0.1) is 34.5 Å². The molecule has 6 heteroatoms. The monoisotopic (exact) mass is 488 g/mol. The first-order chi connectivity index (χ1) is 16.0. The summed E-state index contributed by atoms with van der Waals surface area (Å²) in [5.74, 6) is 0.850. The molecule has 5 nitrogen and oxygen atoms in total. The van der Waals surface area contributed by atoms with Crippen molar-refractivity contribution in [1.82, 2.24) is 0 Å². The molecule has 1 aliphatic heterocycles. The van der Waals surface area contributed by atoms with Gasteiger partial charge in [-0.05, 0) is 99.3 Å². The van der Waals surface area contributed by atoms with E-state index in [0.717, 1.165) is 49.8 Å². The van der Waals surface area contributed by atoms with E-state index in [9.17, 15) is 9.90 Å². The molecule has 6 rings (SSSR count). The number of ether oxygens (including phenoxy) is 3. The topological polar surface area (TPSA) is 65.0 Å². The molecule has 0 spiro atoms. The van der Waals surface area contributed by atoms with E-state index >= 15 is 0 Å². The second-order valence-electron chi connectivity index (χ2n) is 12.8. The third kappa shape index (κ3) is 3.10. The zero-order valence-electron chi connectivity index (χ0n) is 21.2. The van der Waals surface area contributed by atoms with Gasteiger partial charge in [-0.3, -0.25) is 4.79 Å². The minimum atomic E-state index is -0.758. The summed E-state index contributed by atoms with van der Waals surface area (Å²) >= 11 is 1.70. The third-order valence-electron chi connectivity index (χ3n) is 10.9. The lowest BCUT2D eigenvalue weighted by Crippen LogP contribution is -2.64. The molecule has 188 valence electrons. The Balaban J connectivity index is 1.39. The molecule has 5 aliphatic rings. The Labute approximate surface area is 207 Å². The van der Waals surface area contributed by atoms with Gasteiger partial charge < -0.3 is 19.3 Å². The van der Waals surface area contributed by atoms with Crippen LogP contribution < -0.4 is 0 Å². The number of rotatable bonds is 2. The molecule has 5 fully saturated rings. The molecule has 10 atom stereocenters. The van der Waals surface area contributed by atoms with Crippen LogP contribution in [0.5, 0.6) is 0 Å². The highest BCUT2D eigenvalue weighted by atomic mass is 32.1. The molecule has 0 unspecified atom stereocenters. The number of esters is 1.